The number of anilines is 1. The Labute approximate surface area is 130 Å². The van der Waals surface area contributed by atoms with Crippen molar-refractivity contribution < 1.29 is 9.50 Å². The van der Waals surface area contributed by atoms with E-state index < -0.39 is 0 Å². The average Bonchev–Trinajstić information content (AvgIpc) is 2.80. The number of aromatic amines is 1. The van der Waals surface area contributed by atoms with Crippen molar-refractivity contribution in [3.63, 3.8) is 0 Å². The minimum absolute atomic E-state index is 0.0651. The van der Waals surface area contributed by atoms with Gasteiger partial charge in [0.1, 0.15) is 5.82 Å². The molecule has 0 saturated heterocycles. The van der Waals surface area contributed by atoms with Gasteiger partial charge in [-0.25, -0.2) is 4.39 Å². The van der Waals surface area contributed by atoms with Crippen LogP contribution in [0.25, 0.3) is 10.9 Å². The average molecular weight is 314 g/mol. The molecule has 0 aliphatic heterocycles. The Morgan fingerprint density at radius 1 is 1.18 bits per heavy atom. The molecule has 1 heterocycles. The molecule has 0 fully saturated rings. The molecule has 3 rings (SSSR count). The lowest BCUT2D eigenvalue weighted by Crippen LogP contribution is -2.04. The lowest BCUT2D eigenvalue weighted by molar-refractivity contribution is 0.459. The standard InChI is InChI=1S/C15H11FN4OS/c16-9-4-3-5-10(8-9)17-15(22)20-19-13-11-6-1-2-7-12(11)18-14(13)21/h1-8,18,21H,(H,17,22). The summed E-state index contributed by atoms with van der Waals surface area (Å²) in [6.07, 6.45) is 0. The van der Waals surface area contributed by atoms with E-state index >= 15 is 0 Å². The van der Waals surface area contributed by atoms with Crippen molar-refractivity contribution in [2.24, 2.45) is 10.2 Å². The van der Waals surface area contributed by atoms with Gasteiger partial charge in [-0.3, -0.25) is 0 Å². The summed E-state index contributed by atoms with van der Waals surface area (Å²) in [5, 5.41) is 21.2. The molecule has 7 heteroatoms. The van der Waals surface area contributed by atoms with Crippen LogP contribution in [0.2, 0.25) is 0 Å². The van der Waals surface area contributed by atoms with Crippen LogP contribution in [0, 0.1) is 5.82 Å². The molecule has 1 aromatic heterocycles. The van der Waals surface area contributed by atoms with E-state index in [4.69, 9.17) is 12.2 Å². The molecule has 0 spiro atoms. The third-order valence-electron chi connectivity index (χ3n) is 2.98. The predicted molar refractivity (Wildman–Crippen MR) is 87.1 cm³/mol. The zero-order valence-corrected chi connectivity index (χ0v) is 12.1. The number of hydrogen-bond donors (Lipinski definition) is 3. The smallest absolute Gasteiger partial charge is 0.218 e. The Kier molecular flexibility index (Phi) is 3.80. The van der Waals surface area contributed by atoms with Gasteiger partial charge in [-0.1, -0.05) is 24.3 Å². The van der Waals surface area contributed by atoms with Gasteiger partial charge in [0.2, 0.25) is 11.0 Å². The topological polar surface area (TPSA) is 72.8 Å². The zero-order valence-electron chi connectivity index (χ0n) is 11.2. The summed E-state index contributed by atoms with van der Waals surface area (Å²) in [6, 6.07) is 13.1. The highest BCUT2D eigenvalue weighted by molar-refractivity contribution is 7.80. The summed E-state index contributed by atoms with van der Waals surface area (Å²) in [4.78, 5) is 2.80. The van der Waals surface area contributed by atoms with Crippen LogP contribution < -0.4 is 5.32 Å². The summed E-state index contributed by atoms with van der Waals surface area (Å²) < 4.78 is 13.1. The zero-order chi connectivity index (χ0) is 15.5. The SMILES string of the molecule is Oc1[nH]c2ccccc2c1N=NC(=S)Nc1cccc(F)c1. The number of halogens is 1. The van der Waals surface area contributed by atoms with Gasteiger partial charge < -0.3 is 15.4 Å². The lowest BCUT2D eigenvalue weighted by Gasteiger charge is -2.02. The second kappa shape index (κ2) is 5.90. The first kappa shape index (κ1) is 14.2. The highest BCUT2D eigenvalue weighted by Crippen LogP contribution is 2.35. The van der Waals surface area contributed by atoms with Crippen molar-refractivity contribution in [3.8, 4) is 5.88 Å². The quantitative estimate of drug-likeness (QED) is 0.482. The molecule has 0 radical (unpaired) electrons. The third-order valence-corrected chi connectivity index (χ3v) is 3.16. The lowest BCUT2D eigenvalue weighted by atomic mass is 10.2. The maximum atomic E-state index is 13.1. The number of aromatic hydroxyl groups is 1. The van der Waals surface area contributed by atoms with Crippen molar-refractivity contribution in [1.82, 2.24) is 4.98 Å². The monoisotopic (exact) mass is 314 g/mol. The van der Waals surface area contributed by atoms with E-state index in [1.807, 2.05) is 24.3 Å². The van der Waals surface area contributed by atoms with Crippen molar-refractivity contribution >= 4 is 39.6 Å². The number of nitrogens with zero attached hydrogens (tertiary/aromatic N) is 2. The number of benzene rings is 2. The predicted octanol–water partition coefficient (Wildman–Crippen LogP) is 4.49. The molecule has 0 aliphatic carbocycles. The van der Waals surface area contributed by atoms with Crippen molar-refractivity contribution in [2.75, 3.05) is 5.32 Å². The van der Waals surface area contributed by atoms with Gasteiger partial charge in [-0.2, -0.15) is 0 Å². The summed E-state index contributed by atoms with van der Waals surface area (Å²) in [5.41, 5.74) is 1.53. The summed E-state index contributed by atoms with van der Waals surface area (Å²) in [5.74, 6) is -0.461. The van der Waals surface area contributed by atoms with Crippen molar-refractivity contribution in [3.05, 3.63) is 54.3 Å². The maximum Gasteiger partial charge on any atom is 0.218 e. The number of nitrogens with one attached hydrogen (secondary N) is 2. The fraction of sp³-hybridized carbons (Fsp3) is 0. The van der Waals surface area contributed by atoms with Gasteiger partial charge >= 0.3 is 0 Å². The largest absolute Gasteiger partial charge is 0.493 e. The number of fused-ring (bicyclic) bond motifs is 1. The van der Waals surface area contributed by atoms with Crippen LogP contribution in [0.1, 0.15) is 0 Å². The highest BCUT2D eigenvalue weighted by Gasteiger charge is 2.09. The molecule has 0 amide bonds. The van der Waals surface area contributed by atoms with E-state index in [1.165, 1.54) is 12.1 Å². The van der Waals surface area contributed by atoms with Crippen LogP contribution in [0.3, 0.4) is 0 Å². The molecule has 0 saturated carbocycles. The number of para-hydroxylation sites is 1. The van der Waals surface area contributed by atoms with Crippen LogP contribution >= 0.6 is 12.2 Å². The van der Waals surface area contributed by atoms with Gasteiger partial charge in [0.05, 0.1) is 5.52 Å². The van der Waals surface area contributed by atoms with E-state index in [-0.39, 0.29) is 16.8 Å². The van der Waals surface area contributed by atoms with Gasteiger partial charge in [0.25, 0.3) is 0 Å². The molecule has 0 bridgehead atoms. The van der Waals surface area contributed by atoms with Crippen molar-refractivity contribution in [2.45, 2.75) is 0 Å². The number of azo groups is 1. The second-order valence-electron chi connectivity index (χ2n) is 4.51. The Morgan fingerprint density at radius 3 is 2.82 bits per heavy atom. The number of hydrogen-bond acceptors (Lipinski definition) is 3. The normalized spacial score (nSPS) is 11.1. The summed E-state index contributed by atoms with van der Waals surface area (Å²) in [7, 11) is 0. The fourth-order valence-electron chi connectivity index (χ4n) is 2.02. The van der Waals surface area contributed by atoms with E-state index in [0.717, 1.165) is 10.9 Å². The summed E-state index contributed by atoms with van der Waals surface area (Å²) in [6.45, 7) is 0. The third kappa shape index (κ3) is 2.94. The molecule has 22 heavy (non-hydrogen) atoms. The van der Waals surface area contributed by atoms with Gasteiger partial charge in [0, 0.05) is 11.1 Å². The molecular weight excluding hydrogens is 303 g/mol. The Morgan fingerprint density at radius 2 is 2.00 bits per heavy atom. The van der Waals surface area contributed by atoms with E-state index in [2.05, 4.69) is 20.5 Å². The number of rotatable bonds is 2. The first-order chi connectivity index (χ1) is 10.6. The van der Waals surface area contributed by atoms with Crippen LogP contribution in [0.4, 0.5) is 15.8 Å². The van der Waals surface area contributed by atoms with Crippen LogP contribution in [-0.4, -0.2) is 15.2 Å². The Hall–Kier alpha value is -2.80. The molecule has 110 valence electrons. The molecule has 0 aliphatic rings. The van der Waals surface area contributed by atoms with Gasteiger partial charge in [-0.05, 0) is 36.5 Å². The van der Waals surface area contributed by atoms with E-state index in [1.54, 1.807) is 12.1 Å². The Balaban J connectivity index is 1.81. The van der Waals surface area contributed by atoms with Crippen molar-refractivity contribution in [1.29, 1.82) is 0 Å². The molecule has 2 aromatic carbocycles. The molecule has 5 nitrogen and oxygen atoms in total. The molecule has 0 unspecified atom stereocenters. The number of thiocarbonyl (C=S) groups is 1. The fourth-order valence-corrected chi connectivity index (χ4v) is 2.18. The van der Waals surface area contributed by atoms with Crippen LogP contribution in [0.15, 0.2) is 58.8 Å². The molecule has 3 aromatic rings. The minimum Gasteiger partial charge on any atom is -0.493 e. The highest BCUT2D eigenvalue weighted by atomic mass is 32.1. The molecular formula is C15H11FN4OS. The van der Waals surface area contributed by atoms with Gasteiger partial charge in [-0.15, -0.1) is 10.2 Å². The van der Waals surface area contributed by atoms with Crippen LogP contribution in [0.5, 0.6) is 5.88 Å². The Bertz CT molecular complexity index is 875. The van der Waals surface area contributed by atoms with E-state index in [9.17, 15) is 9.50 Å². The first-order valence-corrected chi connectivity index (χ1v) is 6.82. The molecule has 0 atom stereocenters. The molecule has 3 N–H and O–H groups in total. The maximum absolute atomic E-state index is 13.1. The second-order valence-corrected chi connectivity index (χ2v) is 4.89. The minimum atomic E-state index is -0.376. The van der Waals surface area contributed by atoms with Crippen LogP contribution in [-0.2, 0) is 0 Å². The van der Waals surface area contributed by atoms with E-state index in [0.29, 0.717) is 11.4 Å². The van der Waals surface area contributed by atoms with Gasteiger partial charge in [0.15, 0.2) is 5.69 Å². The first-order valence-electron chi connectivity index (χ1n) is 6.41. The number of H-pyrrole nitrogens is 1. The summed E-state index contributed by atoms with van der Waals surface area (Å²) >= 11 is 5.03. The number of aromatic nitrogens is 1.